The van der Waals surface area contributed by atoms with E-state index in [0.29, 0.717) is 49.9 Å². The van der Waals surface area contributed by atoms with Gasteiger partial charge in [-0.05, 0) is 35.2 Å². The first-order valence-corrected chi connectivity index (χ1v) is 13.4. The van der Waals surface area contributed by atoms with Crippen LogP contribution >= 0.6 is 0 Å². The quantitative estimate of drug-likeness (QED) is 0.189. The minimum Gasteiger partial charge on any atom is -0.384 e. The fourth-order valence-corrected chi connectivity index (χ4v) is 4.62. The fourth-order valence-electron chi connectivity index (χ4n) is 4.62. The Balaban J connectivity index is 1.39. The first-order valence-electron chi connectivity index (χ1n) is 13.4. The molecule has 0 aliphatic rings. The third-order valence-corrected chi connectivity index (χ3v) is 6.74. The van der Waals surface area contributed by atoms with E-state index in [1.54, 1.807) is 16.6 Å². The van der Waals surface area contributed by atoms with E-state index in [-0.39, 0.29) is 0 Å². The molecule has 0 spiro atoms. The summed E-state index contributed by atoms with van der Waals surface area (Å²) in [5.41, 5.74) is 10.3. The van der Waals surface area contributed by atoms with Crippen molar-refractivity contribution in [1.82, 2.24) is 14.6 Å². The molecule has 3 aromatic carbocycles. The topological polar surface area (TPSA) is 104 Å². The van der Waals surface area contributed by atoms with Gasteiger partial charge in [-0.2, -0.15) is 5.10 Å². The summed E-state index contributed by atoms with van der Waals surface area (Å²) in [4.78, 5) is 4.07. The summed E-state index contributed by atoms with van der Waals surface area (Å²) in [7, 11) is 0. The van der Waals surface area contributed by atoms with E-state index in [2.05, 4.69) is 10.1 Å². The highest BCUT2D eigenvalue weighted by atomic mass is 16.5. The smallest absolute Gasteiger partial charge is 0.151 e. The van der Waals surface area contributed by atoms with Gasteiger partial charge in [0.1, 0.15) is 24.1 Å². The maximum Gasteiger partial charge on any atom is 0.151 e. The third kappa shape index (κ3) is 7.11. The van der Waals surface area contributed by atoms with Crippen molar-refractivity contribution in [1.29, 1.82) is 0 Å². The zero-order chi connectivity index (χ0) is 27.6. The zero-order valence-electron chi connectivity index (χ0n) is 22.3. The Morgan fingerprint density at radius 3 is 1.93 bits per heavy atom. The predicted octanol–water partition coefficient (Wildman–Crippen LogP) is 5.12. The Morgan fingerprint density at radius 1 is 0.725 bits per heavy atom. The summed E-state index contributed by atoms with van der Waals surface area (Å²) < 4.78 is 20.5. The van der Waals surface area contributed by atoms with Gasteiger partial charge in [-0.3, -0.25) is 0 Å². The summed E-state index contributed by atoms with van der Waals surface area (Å²) in [6.45, 7) is 1.59. The van der Waals surface area contributed by atoms with Crippen LogP contribution in [-0.4, -0.2) is 38.5 Å². The van der Waals surface area contributed by atoms with Gasteiger partial charge < -0.3 is 25.1 Å². The lowest BCUT2D eigenvalue weighted by Gasteiger charge is -2.31. The molecule has 0 aliphatic heterocycles. The van der Waals surface area contributed by atoms with Crippen molar-refractivity contribution in [2.75, 3.05) is 12.3 Å². The van der Waals surface area contributed by atoms with Crippen molar-refractivity contribution in [2.24, 2.45) is 0 Å². The van der Waals surface area contributed by atoms with Crippen LogP contribution in [0.5, 0.6) is 0 Å². The van der Waals surface area contributed by atoms with Gasteiger partial charge in [0, 0.05) is 6.61 Å². The first kappa shape index (κ1) is 27.5. The average Bonchev–Trinajstić information content (AvgIpc) is 3.45. The molecule has 3 atom stereocenters. The summed E-state index contributed by atoms with van der Waals surface area (Å²) in [5, 5.41) is 16.1. The predicted molar refractivity (Wildman–Crippen MR) is 153 cm³/mol. The van der Waals surface area contributed by atoms with E-state index in [1.807, 2.05) is 91.0 Å². The van der Waals surface area contributed by atoms with Gasteiger partial charge in [-0.1, -0.05) is 91.0 Å². The Kier molecular flexibility index (Phi) is 9.50. The molecule has 2 unspecified atom stereocenters. The van der Waals surface area contributed by atoms with E-state index < -0.39 is 18.3 Å². The number of nitrogens with zero attached hydrogens (tertiary/aromatic N) is 3. The van der Waals surface area contributed by atoms with Gasteiger partial charge in [0.25, 0.3) is 0 Å². The van der Waals surface area contributed by atoms with E-state index in [1.165, 1.54) is 6.33 Å². The highest BCUT2D eigenvalue weighted by Crippen LogP contribution is 2.29. The van der Waals surface area contributed by atoms with Crippen LogP contribution in [-0.2, 0) is 34.0 Å². The lowest BCUT2D eigenvalue weighted by molar-refractivity contribution is -0.141. The average molecular weight is 539 g/mol. The van der Waals surface area contributed by atoms with Gasteiger partial charge in [-0.25, -0.2) is 9.50 Å². The molecule has 0 amide bonds. The number of fused-ring (bicyclic) bond motifs is 1. The van der Waals surface area contributed by atoms with Crippen molar-refractivity contribution in [3.63, 3.8) is 0 Å². The molecule has 206 valence electrons. The van der Waals surface area contributed by atoms with Crippen LogP contribution in [0, 0.1) is 0 Å². The third-order valence-electron chi connectivity index (χ3n) is 6.74. The Bertz CT molecular complexity index is 1450. The molecule has 3 N–H and O–H groups in total. The molecule has 8 nitrogen and oxygen atoms in total. The lowest BCUT2D eigenvalue weighted by Crippen LogP contribution is -2.38. The van der Waals surface area contributed by atoms with Crippen LogP contribution < -0.4 is 5.73 Å². The molecule has 2 heterocycles. The molecule has 40 heavy (non-hydrogen) atoms. The van der Waals surface area contributed by atoms with Crippen LogP contribution in [0.4, 0.5) is 5.82 Å². The van der Waals surface area contributed by atoms with E-state index in [4.69, 9.17) is 19.9 Å². The van der Waals surface area contributed by atoms with Gasteiger partial charge in [-0.15, -0.1) is 0 Å². The number of ether oxygens (including phenoxy) is 3. The number of aliphatic hydroxyl groups is 1. The molecule has 2 aromatic heterocycles. The number of anilines is 1. The highest BCUT2D eigenvalue weighted by Gasteiger charge is 2.33. The van der Waals surface area contributed by atoms with Crippen LogP contribution in [0.2, 0.25) is 0 Å². The van der Waals surface area contributed by atoms with Crippen LogP contribution in [0.25, 0.3) is 5.52 Å². The minimum absolute atomic E-state index is 0.305. The molecule has 5 rings (SSSR count). The second-order valence-electron chi connectivity index (χ2n) is 9.57. The number of aromatic nitrogens is 3. The normalized spacial score (nSPS) is 13.7. The number of hydrogen-bond donors (Lipinski definition) is 2. The molecule has 0 radical (unpaired) electrons. The maximum atomic E-state index is 11.8. The lowest BCUT2D eigenvalue weighted by atomic mass is 10.0. The largest absolute Gasteiger partial charge is 0.384 e. The number of hydrogen-bond acceptors (Lipinski definition) is 7. The van der Waals surface area contributed by atoms with Crippen molar-refractivity contribution < 1.29 is 19.3 Å². The molecule has 0 saturated heterocycles. The second kappa shape index (κ2) is 13.8. The van der Waals surface area contributed by atoms with Crippen molar-refractivity contribution in [3.8, 4) is 0 Å². The second-order valence-corrected chi connectivity index (χ2v) is 9.57. The van der Waals surface area contributed by atoms with Crippen LogP contribution in [0.1, 0.15) is 34.9 Å². The van der Waals surface area contributed by atoms with Gasteiger partial charge in [0.15, 0.2) is 5.82 Å². The number of nitrogens with two attached hydrogens (primary N) is 1. The summed E-state index contributed by atoms with van der Waals surface area (Å²) in [6, 6.07) is 33.5. The van der Waals surface area contributed by atoms with Gasteiger partial charge >= 0.3 is 0 Å². The zero-order valence-corrected chi connectivity index (χ0v) is 22.3. The highest BCUT2D eigenvalue weighted by molar-refractivity contribution is 5.65. The monoisotopic (exact) mass is 538 g/mol. The van der Waals surface area contributed by atoms with Gasteiger partial charge in [0.05, 0.1) is 31.6 Å². The van der Waals surface area contributed by atoms with Crippen LogP contribution in [0.3, 0.4) is 0 Å². The fraction of sp³-hybridized carbons (Fsp3) is 0.250. The molecule has 0 aliphatic carbocycles. The number of benzene rings is 3. The standard InChI is InChI=1S/C32H34N4O4/c33-32-28-17-16-27(36(28)35-23-34-32)30(37)31(40-22-26-14-8-3-9-15-26)29(39-21-25-12-6-2-7-13-25)18-19-38-20-24-10-4-1-5-11-24/h1-17,23,29-31,37H,18-22H2,(H2,33,34,35)/t29?,30?,31-/m1/s1. The molecular formula is C32H34N4O4. The Labute approximate surface area is 234 Å². The maximum absolute atomic E-state index is 11.8. The number of nitrogen functional groups attached to an aromatic ring is 1. The van der Waals surface area contributed by atoms with E-state index in [0.717, 1.165) is 16.7 Å². The van der Waals surface area contributed by atoms with E-state index >= 15 is 0 Å². The summed E-state index contributed by atoms with van der Waals surface area (Å²) >= 11 is 0. The number of aliphatic hydroxyl groups excluding tert-OH is 1. The molecule has 0 fully saturated rings. The van der Waals surface area contributed by atoms with E-state index in [9.17, 15) is 5.11 Å². The summed E-state index contributed by atoms with van der Waals surface area (Å²) in [6.07, 6.45) is -0.385. The van der Waals surface area contributed by atoms with Crippen LogP contribution in [0.15, 0.2) is 109 Å². The molecular weight excluding hydrogens is 504 g/mol. The Morgan fingerprint density at radius 2 is 1.30 bits per heavy atom. The molecule has 8 heteroatoms. The molecule has 5 aromatic rings. The molecule has 0 bridgehead atoms. The minimum atomic E-state index is -1.06. The van der Waals surface area contributed by atoms with Crippen molar-refractivity contribution in [3.05, 3.63) is 132 Å². The summed E-state index contributed by atoms with van der Waals surface area (Å²) in [5.74, 6) is 0.335. The van der Waals surface area contributed by atoms with Crippen molar-refractivity contribution >= 4 is 11.3 Å². The Hall–Kier alpha value is -4.08. The molecule has 0 saturated carbocycles. The van der Waals surface area contributed by atoms with Crippen molar-refractivity contribution in [2.45, 2.75) is 44.6 Å². The number of rotatable bonds is 14. The van der Waals surface area contributed by atoms with Gasteiger partial charge in [0.2, 0.25) is 0 Å². The SMILES string of the molecule is Nc1ncnn2c(C(O)[C@H](OCc3ccccc3)C(CCOCc3ccccc3)OCc3ccccc3)ccc12. The first-order chi connectivity index (χ1) is 19.7.